The van der Waals surface area contributed by atoms with Gasteiger partial charge in [0.2, 0.25) is 0 Å². The van der Waals surface area contributed by atoms with E-state index in [2.05, 4.69) is 0 Å². The summed E-state index contributed by atoms with van der Waals surface area (Å²) in [5.41, 5.74) is 1.34. The number of rotatable bonds is 8. The van der Waals surface area contributed by atoms with Gasteiger partial charge in [0.05, 0.1) is 6.42 Å². The summed E-state index contributed by atoms with van der Waals surface area (Å²) in [6, 6.07) is 17.3. The fourth-order valence-electron chi connectivity index (χ4n) is 2.08. The van der Waals surface area contributed by atoms with Gasteiger partial charge in [-0.2, -0.15) is 8.42 Å². The van der Waals surface area contributed by atoms with Crippen molar-refractivity contribution in [2.24, 2.45) is 0 Å². The van der Waals surface area contributed by atoms with Crippen LogP contribution in [0.1, 0.15) is 17.5 Å². The van der Waals surface area contributed by atoms with Crippen LogP contribution in [-0.2, 0) is 42.4 Å². The largest absolute Gasteiger partial charge is 0.461 e. The first-order valence-electron chi connectivity index (χ1n) is 7.72. The van der Waals surface area contributed by atoms with Crippen LogP contribution in [0.5, 0.6) is 0 Å². The molecule has 2 aromatic carbocycles. The standard InChI is InChI=1S/C18H18O7S/c19-17(24-12-14-7-3-1-4-8-14)11-16(26(21,22)23)18(20)25-13-15-9-5-2-6-10-15/h1-10,16H,11-13H2,(H,21,22,23). The highest BCUT2D eigenvalue weighted by molar-refractivity contribution is 7.87. The number of hydrogen-bond acceptors (Lipinski definition) is 6. The van der Waals surface area contributed by atoms with E-state index in [1.165, 1.54) is 0 Å². The van der Waals surface area contributed by atoms with Gasteiger partial charge in [0.15, 0.2) is 5.25 Å². The average molecular weight is 378 g/mol. The minimum absolute atomic E-state index is 0.0725. The van der Waals surface area contributed by atoms with Gasteiger partial charge in [0.25, 0.3) is 10.1 Å². The molecule has 0 aromatic heterocycles. The predicted octanol–water partition coefficient (Wildman–Crippen LogP) is 2.12. The molecule has 2 rings (SSSR count). The van der Waals surface area contributed by atoms with E-state index < -0.39 is 33.7 Å². The summed E-state index contributed by atoms with van der Waals surface area (Å²) in [7, 11) is -4.82. The molecule has 0 amide bonds. The molecule has 1 atom stereocenters. The molecular weight excluding hydrogens is 360 g/mol. The molecule has 0 fully saturated rings. The molecule has 0 aliphatic rings. The maximum Gasteiger partial charge on any atom is 0.327 e. The van der Waals surface area contributed by atoms with Crippen molar-refractivity contribution in [2.45, 2.75) is 24.9 Å². The molecule has 138 valence electrons. The summed E-state index contributed by atoms with van der Waals surface area (Å²) in [5.74, 6) is -2.15. The Morgan fingerprint density at radius 2 is 1.31 bits per heavy atom. The van der Waals surface area contributed by atoms with Gasteiger partial charge in [-0.25, -0.2) is 0 Å². The Labute approximate surface area is 151 Å². The van der Waals surface area contributed by atoms with E-state index in [1.807, 2.05) is 0 Å². The summed E-state index contributed by atoms with van der Waals surface area (Å²) in [5, 5.41) is -2.03. The number of esters is 2. The van der Waals surface area contributed by atoms with Crippen LogP contribution >= 0.6 is 0 Å². The first-order chi connectivity index (χ1) is 12.4. The van der Waals surface area contributed by atoms with Crippen LogP contribution in [0.4, 0.5) is 0 Å². The van der Waals surface area contributed by atoms with Crippen LogP contribution in [0, 0.1) is 0 Å². The Bertz CT molecular complexity index is 832. The molecule has 0 aliphatic heterocycles. The quantitative estimate of drug-likeness (QED) is 0.554. The molecule has 0 bridgehead atoms. The van der Waals surface area contributed by atoms with Crippen LogP contribution < -0.4 is 0 Å². The number of carbonyl (C=O) groups is 2. The van der Waals surface area contributed by atoms with Crippen molar-refractivity contribution in [1.29, 1.82) is 0 Å². The monoisotopic (exact) mass is 378 g/mol. The maximum absolute atomic E-state index is 12.0. The van der Waals surface area contributed by atoms with E-state index in [0.29, 0.717) is 11.1 Å². The molecule has 0 radical (unpaired) electrons. The molecule has 2 aromatic rings. The molecule has 0 heterocycles. The van der Waals surface area contributed by atoms with E-state index in [9.17, 15) is 22.6 Å². The molecule has 7 nitrogen and oxygen atoms in total. The van der Waals surface area contributed by atoms with Crippen molar-refractivity contribution in [3.63, 3.8) is 0 Å². The first-order valence-corrected chi connectivity index (χ1v) is 9.23. The van der Waals surface area contributed by atoms with Gasteiger partial charge < -0.3 is 9.47 Å². The second-order valence-corrected chi connectivity index (χ2v) is 7.05. The van der Waals surface area contributed by atoms with E-state index in [-0.39, 0.29) is 13.2 Å². The summed E-state index contributed by atoms with van der Waals surface area (Å²) >= 11 is 0. The molecule has 0 saturated carbocycles. The zero-order valence-corrected chi connectivity index (χ0v) is 14.6. The zero-order valence-electron chi connectivity index (χ0n) is 13.8. The number of hydrogen-bond donors (Lipinski definition) is 1. The van der Waals surface area contributed by atoms with Crippen molar-refractivity contribution < 1.29 is 32.0 Å². The number of benzene rings is 2. The van der Waals surface area contributed by atoms with E-state index in [4.69, 9.17) is 9.47 Å². The highest BCUT2D eigenvalue weighted by Crippen LogP contribution is 2.12. The highest BCUT2D eigenvalue weighted by Gasteiger charge is 2.35. The number of carbonyl (C=O) groups excluding carboxylic acids is 2. The van der Waals surface area contributed by atoms with Crippen LogP contribution in [0.25, 0.3) is 0 Å². The lowest BCUT2D eigenvalue weighted by molar-refractivity contribution is -0.151. The molecule has 0 spiro atoms. The van der Waals surface area contributed by atoms with Crippen LogP contribution in [0.3, 0.4) is 0 Å². The van der Waals surface area contributed by atoms with Crippen molar-refractivity contribution in [1.82, 2.24) is 0 Å². The fraction of sp³-hybridized carbons (Fsp3) is 0.222. The maximum atomic E-state index is 12.0. The van der Waals surface area contributed by atoms with Crippen molar-refractivity contribution in [3.05, 3.63) is 71.8 Å². The Morgan fingerprint density at radius 3 is 1.77 bits per heavy atom. The molecular formula is C18H18O7S. The second kappa shape index (κ2) is 9.12. The van der Waals surface area contributed by atoms with Gasteiger partial charge in [0.1, 0.15) is 13.2 Å². The average Bonchev–Trinajstić information content (AvgIpc) is 2.63. The summed E-state index contributed by atoms with van der Waals surface area (Å²) in [6.45, 7) is -0.248. The first kappa shape index (κ1) is 19.6. The molecule has 1 unspecified atom stereocenters. The Balaban J connectivity index is 1.93. The highest BCUT2D eigenvalue weighted by atomic mass is 32.2. The third kappa shape index (κ3) is 6.30. The third-order valence-corrected chi connectivity index (χ3v) is 4.52. The Morgan fingerprint density at radius 1 is 0.846 bits per heavy atom. The SMILES string of the molecule is O=C(CC(C(=O)OCc1ccccc1)S(=O)(=O)O)OCc1ccccc1. The van der Waals surface area contributed by atoms with Crippen molar-refractivity contribution in [3.8, 4) is 0 Å². The van der Waals surface area contributed by atoms with Gasteiger partial charge in [-0.05, 0) is 11.1 Å². The summed E-state index contributed by atoms with van der Waals surface area (Å²) in [4.78, 5) is 23.9. The minimum Gasteiger partial charge on any atom is -0.461 e. The molecule has 8 heteroatoms. The lowest BCUT2D eigenvalue weighted by Gasteiger charge is -2.13. The minimum atomic E-state index is -4.82. The number of ether oxygens (including phenoxy) is 2. The van der Waals surface area contributed by atoms with Gasteiger partial charge in [-0.1, -0.05) is 60.7 Å². The Kier molecular flexibility index (Phi) is 6.88. The van der Waals surface area contributed by atoms with Gasteiger partial charge >= 0.3 is 11.9 Å². The van der Waals surface area contributed by atoms with Gasteiger partial charge in [-0.3, -0.25) is 14.1 Å². The molecule has 0 aliphatic carbocycles. The smallest absolute Gasteiger partial charge is 0.327 e. The van der Waals surface area contributed by atoms with Gasteiger partial charge in [0, 0.05) is 0 Å². The lowest BCUT2D eigenvalue weighted by atomic mass is 10.2. The normalized spacial score (nSPS) is 12.2. The molecule has 1 N–H and O–H groups in total. The fourth-order valence-corrected chi connectivity index (χ4v) is 2.74. The molecule has 0 saturated heterocycles. The third-order valence-electron chi connectivity index (χ3n) is 3.44. The van der Waals surface area contributed by atoms with Crippen LogP contribution in [0.2, 0.25) is 0 Å². The zero-order chi connectivity index (χ0) is 19.0. The van der Waals surface area contributed by atoms with Crippen LogP contribution in [0.15, 0.2) is 60.7 Å². The summed E-state index contributed by atoms with van der Waals surface area (Å²) in [6.07, 6.45) is -0.834. The topological polar surface area (TPSA) is 107 Å². The molecule has 26 heavy (non-hydrogen) atoms. The van der Waals surface area contributed by atoms with Crippen molar-refractivity contribution >= 4 is 22.1 Å². The summed E-state index contributed by atoms with van der Waals surface area (Å²) < 4.78 is 42.0. The second-order valence-electron chi connectivity index (χ2n) is 5.45. The van der Waals surface area contributed by atoms with Crippen molar-refractivity contribution in [2.75, 3.05) is 0 Å². The van der Waals surface area contributed by atoms with Gasteiger partial charge in [-0.15, -0.1) is 0 Å². The van der Waals surface area contributed by atoms with E-state index in [1.54, 1.807) is 60.7 Å². The Hall–Kier alpha value is -2.71. The predicted molar refractivity (Wildman–Crippen MR) is 92.4 cm³/mol. The lowest BCUT2D eigenvalue weighted by Crippen LogP contribution is -2.34. The van der Waals surface area contributed by atoms with E-state index >= 15 is 0 Å². The van der Waals surface area contributed by atoms with E-state index in [0.717, 1.165) is 0 Å². The van der Waals surface area contributed by atoms with Crippen LogP contribution in [-0.4, -0.2) is 30.2 Å².